The van der Waals surface area contributed by atoms with E-state index in [1.807, 2.05) is 0 Å². The van der Waals surface area contributed by atoms with Crippen LogP contribution in [-0.4, -0.2) is 23.3 Å². The van der Waals surface area contributed by atoms with E-state index in [0.29, 0.717) is 17.2 Å². The average Bonchev–Trinajstić information content (AvgIpc) is 2.77. The van der Waals surface area contributed by atoms with Crippen molar-refractivity contribution in [1.82, 2.24) is 0 Å². The first-order valence-corrected chi connectivity index (χ1v) is 10.8. The molecule has 12 heteroatoms. The van der Waals surface area contributed by atoms with E-state index in [1.54, 1.807) is 0 Å². The smallest absolute Gasteiger partial charge is 0.416 e. The zero-order valence-electron chi connectivity index (χ0n) is 16.8. The van der Waals surface area contributed by atoms with Gasteiger partial charge in [-0.3, -0.25) is 14.9 Å². The Kier molecular flexibility index (Phi) is 7.86. The number of hydrogen-bond acceptors (Lipinski definition) is 6. The van der Waals surface area contributed by atoms with E-state index in [9.17, 15) is 32.9 Å². The molecule has 0 atom stereocenters. The van der Waals surface area contributed by atoms with E-state index in [4.69, 9.17) is 27.9 Å². The summed E-state index contributed by atoms with van der Waals surface area (Å²) in [6, 6.07) is 12.1. The van der Waals surface area contributed by atoms with Crippen molar-refractivity contribution in [2.45, 2.75) is 16.0 Å². The minimum absolute atomic E-state index is 0.0308. The van der Waals surface area contributed by atoms with Gasteiger partial charge in [0, 0.05) is 21.5 Å². The normalized spacial score (nSPS) is 11.2. The zero-order chi connectivity index (χ0) is 25.0. The predicted octanol–water partition coefficient (Wildman–Crippen LogP) is 7.11. The molecular weight excluding hydrogens is 518 g/mol. The number of ketones is 1. The molecule has 0 bridgehead atoms. The van der Waals surface area contributed by atoms with Crippen LogP contribution in [0.4, 0.5) is 18.9 Å². The van der Waals surface area contributed by atoms with Gasteiger partial charge in [0.2, 0.25) is 5.78 Å². The number of hydrogen-bond donors (Lipinski definition) is 0. The lowest BCUT2D eigenvalue weighted by Gasteiger charge is -2.11. The lowest BCUT2D eigenvalue weighted by atomic mass is 10.1. The predicted molar refractivity (Wildman–Crippen MR) is 120 cm³/mol. The lowest BCUT2D eigenvalue weighted by molar-refractivity contribution is -0.388. The number of carbonyl (C=O) groups is 2. The second-order valence-corrected chi connectivity index (χ2v) is 8.59. The first-order chi connectivity index (χ1) is 16.0. The summed E-state index contributed by atoms with van der Waals surface area (Å²) in [4.78, 5) is 35.4. The van der Waals surface area contributed by atoms with Gasteiger partial charge in [0.15, 0.2) is 6.61 Å². The first-order valence-electron chi connectivity index (χ1n) is 9.25. The van der Waals surface area contributed by atoms with Crippen LogP contribution < -0.4 is 0 Å². The molecule has 3 rings (SSSR count). The van der Waals surface area contributed by atoms with Crippen molar-refractivity contribution in [1.29, 1.82) is 0 Å². The number of rotatable bonds is 7. The van der Waals surface area contributed by atoms with Crippen LogP contribution in [0.25, 0.3) is 0 Å². The van der Waals surface area contributed by atoms with Crippen LogP contribution in [0.5, 0.6) is 0 Å². The Labute approximate surface area is 204 Å². The summed E-state index contributed by atoms with van der Waals surface area (Å²) in [5.74, 6) is -1.49. The summed E-state index contributed by atoms with van der Waals surface area (Å²) in [7, 11) is 0. The fourth-order valence-electron chi connectivity index (χ4n) is 2.77. The SMILES string of the molecule is O=C(COC(=O)c1ccccc1Sc1ccc(C(F)(F)F)cc1[N+](=O)[O-])c1ccc(Cl)cc1Cl. The molecule has 34 heavy (non-hydrogen) atoms. The maximum Gasteiger partial charge on any atom is 0.416 e. The Balaban J connectivity index is 1.81. The molecular formula is C22H12Cl2F3NO5S. The number of Topliss-reactive ketones (excluding diaryl/α,β-unsaturated/α-hetero) is 1. The van der Waals surface area contributed by atoms with Gasteiger partial charge >= 0.3 is 12.1 Å². The van der Waals surface area contributed by atoms with Gasteiger partial charge in [0.05, 0.1) is 26.0 Å². The van der Waals surface area contributed by atoms with Gasteiger partial charge in [-0.2, -0.15) is 13.2 Å². The molecule has 3 aromatic carbocycles. The number of alkyl halides is 3. The minimum Gasteiger partial charge on any atom is -0.454 e. The Morgan fingerprint density at radius 3 is 2.32 bits per heavy atom. The summed E-state index contributed by atoms with van der Waals surface area (Å²) in [5.41, 5.74) is -1.87. The topological polar surface area (TPSA) is 86.5 Å². The summed E-state index contributed by atoms with van der Waals surface area (Å²) in [6.07, 6.45) is -4.75. The summed E-state index contributed by atoms with van der Waals surface area (Å²) >= 11 is 12.5. The van der Waals surface area contributed by atoms with Gasteiger partial charge in [0.1, 0.15) is 0 Å². The number of esters is 1. The summed E-state index contributed by atoms with van der Waals surface area (Å²) < 4.78 is 43.9. The molecule has 3 aromatic rings. The number of nitro benzene ring substituents is 1. The molecule has 0 heterocycles. The average molecular weight is 530 g/mol. The molecule has 0 aliphatic heterocycles. The zero-order valence-corrected chi connectivity index (χ0v) is 19.1. The first kappa shape index (κ1) is 25.5. The number of nitro groups is 1. The van der Waals surface area contributed by atoms with Crippen molar-refractivity contribution in [3.05, 3.63) is 97.5 Å². The molecule has 0 amide bonds. The van der Waals surface area contributed by atoms with Crippen LogP contribution in [0.1, 0.15) is 26.3 Å². The van der Waals surface area contributed by atoms with Gasteiger partial charge in [0.25, 0.3) is 5.69 Å². The van der Waals surface area contributed by atoms with E-state index in [0.717, 1.165) is 17.8 Å². The number of benzene rings is 3. The number of ether oxygens (including phenoxy) is 1. The van der Waals surface area contributed by atoms with Crippen molar-refractivity contribution >= 4 is 52.4 Å². The summed E-state index contributed by atoms with van der Waals surface area (Å²) in [6.45, 7) is -0.639. The highest BCUT2D eigenvalue weighted by molar-refractivity contribution is 7.99. The second kappa shape index (κ2) is 10.5. The fraction of sp³-hybridized carbons (Fsp3) is 0.0909. The van der Waals surface area contributed by atoms with E-state index in [-0.39, 0.29) is 25.9 Å². The number of halogens is 5. The Morgan fingerprint density at radius 1 is 0.971 bits per heavy atom. The Hall–Kier alpha value is -3.08. The molecule has 0 N–H and O–H groups in total. The van der Waals surface area contributed by atoms with Gasteiger partial charge in [-0.05, 0) is 42.5 Å². The fourth-order valence-corrected chi connectivity index (χ4v) is 4.30. The number of carbonyl (C=O) groups excluding carboxylic acids is 2. The van der Waals surface area contributed by atoms with E-state index in [1.165, 1.54) is 42.5 Å². The standard InChI is InChI=1S/C22H12Cl2F3NO5S/c23-13-6-7-14(16(24)10-13)18(29)11-33-21(30)15-3-1-2-4-19(15)34-20-8-5-12(22(25,26)27)9-17(20)28(31)32/h1-10H,11H2. The Bertz CT molecular complexity index is 1280. The molecule has 0 aliphatic carbocycles. The maximum absolute atomic E-state index is 12.9. The molecule has 0 fully saturated rings. The molecule has 0 radical (unpaired) electrons. The third-order valence-corrected chi connectivity index (χ3v) is 6.06. The third kappa shape index (κ3) is 6.07. The Morgan fingerprint density at radius 2 is 1.68 bits per heavy atom. The molecule has 0 saturated heterocycles. The van der Waals surface area contributed by atoms with Gasteiger partial charge in [-0.25, -0.2) is 4.79 Å². The third-order valence-electron chi connectivity index (χ3n) is 4.38. The van der Waals surface area contributed by atoms with Crippen molar-refractivity contribution in [3.63, 3.8) is 0 Å². The van der Waals surface area contributed by atoms with E-state index < -0.39 is 40.7 Å². The molecule has 0 unspecified atom stereocenters. The van der Waals surface area contributed by atoms with Crippen LogP contribution in [-0.2, 0) is 10.9 Å². The monoisotopic (exact) mass is 529 g/mol. The van der Waals surface area contributed by atoms with Gasteiger partial charge in [-0.15, -0.1) is 0 Å². The summed E-state index contributed by atoms with van der Waals surface area (Å²) in [5, 5.41) is 11.8. The lowest BCUT2D eigenvalue weighted by Crippen LogP contribution is -2.15. The highest BCUT2D eigenvalue weighted by atomic mass is 35.5. The minimum atomic E-state index is -4.75. The van der Waals surface area contributed by atoms with Crippen molar-refractivity contribution < 1.29 is 32.4 Å². The van der Waals surface area contributed by atoms with Crippen LogP contribution in [0.2, 0.25) is 10.0 Å². The van der Waals surface area contributed by atoms with Crippen molar-refractivity contribution in [3.8, 4) is 0 Å². The van der Waals surface area contributed by atoms with Crippen molar-refractivity contribution in [2.24, 2.45) is 0 Å². The molecule has 0 aliphatic rings. The largest absolute Gasteiger partial charge is 0.454 e. The van der Waals surface area contributed by atoms with Crippen LogP contribution in [0.15, 0.2) is 70.5 Å². The van der Waals surface area contributed by atoms with E-state index >= 15 is 0 Å². The quantitative estimate of drug-likeness (QED) is 0.140. The highest BCUT2D eigenvalue weighted by Crippen LogP contribution is 2.40. The van der Waals surface area contributed by atoms with Gasteiger partial charge < -0.3 is 4.74 Å². The van der Waals surface area contributed by atoms with E-state index in [2.05, 4.69) is 0 Å². The molecule has 0 spiro atoms. The molecule has 176 valence electrons. The van der Waals surface area contributed by atoms with Crippen LogP contribution >= 0.6 is 35.0 Å². The molecule has 0 aromatic heterocycles. The van der Waals surface area contributed by atoms with Crippen molar-refractivity contribution in [2.75, 3.05) is 6.61 Å². The van der Waals surface area contributed by atoms with Crippen LogP contribution in [0, 0.1) is 10.1 Å². The second-order valence-electron chi connectivity index (χ2n) is 6.66. The highest BCUT2D eigenvalue weighted by Gasteiger charge is 2.33. The van der Waals surface area contributed by atoms with Crippen LogP contribution in [0.3, 0.4) is 0 Å². The molecule has 0 saturated carbocycles. The maximum atomic E-state index is 12.9. The number of nitrogens with zero attached hydrogens (tertiary/aromatic N) is 1. The van der Waals surface area contributed by atoms with Gasteiger partial charge in [-0.1, -0.05) is 47.1 Å². The molecule has 6 nitrogen and oxygen atoms in total.